The Kier molecular flexibility index (Phi) is 16.9. The molecule has 0 saturated carbocycles. The van der Waals surface area contributed by atoms with Crippen LogP contribution in [0.4, 0.5) is 4.79 Å². The Morgan fingerprint density at radius 3 is 2.26 bits per heavy atom. The standard InChI is InChI=1S/C16H27N3O3S.2C2H6/c1-6-8-13(15(20)22-7-2)18-16(21)19(5)9-12-10-23-14(17-12)11(3)4;2*1-2/h10-11,13H,6-9H2,1-5H3,(H,18,21);2*1-2H3. The highest BCUT2D eigenvalue weighted by molar-refractivity contribution is 7.09. The van der Waals surface area contributed by atoms with Crippen LogP contribution in [0.25, 0.3) is 0 Å². The number of esters is 1. The van der Waals surface area contributed by atoms with Gasteiger partial charge in [-0.15, -0.1) is 11.3 Å². The Balaban J connectivity index is 0. The van der Waals surface area contributed by atoms with Gasteiger partial charge in [0.2, 0.25) is 0 Å². The third-order valence-corrected chi connectivity index (χ3v) is 4.45. The molecule has 0 aromatic carbocycles. The SMILES string of the molecule is CC.CC.CCCC(NC(=O)N(C)Cc1csc(C(C)C)n1)C(=O)OCC. The van der Waals surface area contributed by atoms with E-state index in [9.17, 15) is 9.59 Å². The van der Waals surface area contributed by atoms with Crippen molar-refractivity contribution in [1.82, 2.24) is 15.2 Å². The highest BCUT2D eigenvalue weighted by Gasteiger charge is 2.23. The highest BCUT2D eigenvalue weighted by atomic mass is 32.1. The van der Waals surface area contributed by atoms with Crippen molar-refractivity contribution in [2.45, 2.75) is 86.7 Å². The van der Waals surface area contributed by atoms with Gasteiger partial charge in [-0.25, -0.2) is 14.6 Å². The second-order valence-corrected chi connectivity index (χ2v) is 6.62. The molecule has 0 aliphatic carbocycles. The van der Waals surface area contributed by atoms with Crippen molar-refractivity contribution < 1.29 is 14.3 Å². The number of hydrogen-bond acceptors (Lipinski definition) is 5. The summed E-state index contributed by atoms with van der Waals surface area (Å²) in [5.41, 5.74) is 0.861. The van der Waals surface area contributed by atoms with Crippen LogP contribution in [0.1, 0.15) is 84.9 Å². The number of thiazole rings is 1. The predicted octanol–water partition coefficient (Wildman–Crippen LogP) is 5.19. The molecule has 1 atom stereocenters. The van der Waals surface area contributed by atoms with Gasteiger partial charge in [0.15, 0.2) is 0 Å². The van der Waals surface area contributed by atoms with Crippen LogP contribution in [0.5, 0.6) is 0 Å². The van der Waals surface area contributed by atoms with Gasteiger partial charge in [-0.2, -0.15) is 0 Å². The number of hydrogen-bond donors (Lipinski definition) is 1. The van der Waals surface area contributed by atoms with E-state index in [1.54, 1.807) is 25.3 Å². The zero-order valence-electron chi connectivity index (χ0n) is 18.6. The van der Waals surface area contributed by atoms with Gasteiger partial charge in [0.05, 0.1) is 23.9 Å². The van der Waals surface area contributed by atoms with Crippen LogP contribution >= 0.6 is 11.3 Å². The molecule has 0 spiro atoms. The average molecular weight is 402 g/mol. The van der Waals surface area contributed by atoms with Crippen molar-refractivity contribution in [3.8, 4) is 0 Å². The van der Waals surface area contributed by atoms with Gasteiger partial charge in [-0.1, -0.05) is 54.9 Å². The van der Waals surface area contributed by atoms with Gasteiger partial charge in [0.25, 0.3) is 0 Å². The summed E-state index contributed by atoms with van der Waals surface area (Å²) in [6.07, 6.45) is 1.35. The largest absolute Gasteiger partial charge is 0.464 e. The monoisotopic (exact) mass is 401 g/mol. The van der Waals surface area contributed by atoms with Gasteiger partial charge in [0, 0.05) is 18.3 Å². The molecule has 158 valence electrons. The second-order valence-electron chi connectivity index (χ2n) is 5.73. The van der Waals surface area contributed by atoms with E-state index < -0.39 is 6.04 Å². The molecule has 1 unspecified atom stereocenters. The third-order valence-electron chi connectivity index (χ3n) is 3.26. The Hall–Kier alpha value is -1.63. The maximum atomic E-state index is 12.3. The molecule has 1 aromatic rings. The van der Waals surface area contributed by atoms with Crippen LogP contribution in [0.15, 0.2) is 5.38 Å². The van der Waals surface area contributed by atoms with Crippen LogP contribution in [0, 0.1) is 0 Å². The van der Waals surface area contributed by atoms with Crippen molar-refractivity contribution in [2.24, 2.45) is 0 Å². The van der Waals surface area contributed by atoms with Crippen molar-refractivity contribution in [2.75, 3.05) is 13.7 Å². The quantitative estimate of drug-likeness (QED) is 0.608. The summed E-state index contributed by atoms with van der Waals surface area (Å²) in [5.74, 6) is -0.00233. The lowest BCUT2D eigenvalue weighted by Crippen LogP contribution is -2.47. The zero-order valence-corrected chi connectivity index (χ0v) is 19.4. The molecule has 0 aliphatic rings. The lowest BCUT2D eigenvalue weighted by atomic mass is 10.2. The molecule has 27 heavy (non-hydrogen) atoms. The molecule has 2 amide bonds. The molecular weight excluding hydrogens is 362 g/mol. The minimum absolute atomic E-state index is 0.296. The Labute approximate surface area is 169 Å². The van der Waals surface area contributed by atoms with E-state index in [1.165, 1.54) is 4.90 Å². The lowest BCUT2D eigenvalue weighted by molar-refractivity contribution is -0.145. The van der Waals surface area contributed by atoms with Crippen LogP contribution in [-0.4, -0.2) is 41.6 Å². The average Bonchev–Trinajstić information content (AvgIpc) is 3.13. The van der Waals surface area contributed by atoms with Gasteiger partial charge < -0.3 is 15.0 Å². The summed E-state index contributed by atoms with van der Waals surface area (Å²) in [4.78, 5) is 30.2. The molecule has 0 radical (unpaired) electrons. The molecule has 1 rings (SSSR count). The minimum Gasteiger partial charge on any atom is -0.464 e. The Morgan fingerprint density at radius 1 is 1.22 bits per heavy atom. The molecule has 6 nitrogen and oxygen atoms in total. The fourth-order valence-electron chi connectivity index (χ4n) is 2.01. The van der Waals surface area contributed by atoms with Crippen LogP contribution in [-0.2, 0) is 16.1 Å². The summed E-state index contributed by atoms with van der Waals surface area (Å²) in [5, 5.41) is 5.77. The molecule has 1 heterocycles. The number of carbonyl (C=O) groups is 2. The number of ether oxygens (including phenoxy) is 1. The fraction of sp³-hybridized carbons (Fsp3) is 0.750. The number of carbonyl (C=O) groups excluding carboxylic acids is 2. The number of nitrogens with one attached hydrogen (secondary N) is 1. The number of urea groups is 1. The number of nitrogens with zero attached hydrogens (tertiary/aromatic N) is 2. The summed E-state index contributed by atoms with van der Waals surface area (Å²) < 4.78 is 5.00. The van der Waals surface area contributed by atoms with Gasteiger partial charge in [-0.05, 0) is 13.3 Å². The van der Waals surface area contributed by atoms with Crippen LogP contribution in [0.3, 0.4) is 0 Å². The smallest absolute Gasteiger partial charge is 0.328 e. The first-order valence-electron chi connectivity index (χ1n) is 10.0. The van der Waals surface area contributed by atoms with Crippen molar-refractivity contribution in [3.05, 3.63) is 16.1 Å². The summed E-state index contributed by atoms with van der Waals surface area (Å²) in [7, 11) is 1.69. The summed E-state index contributed by atoms with van der Waals surface area (Å²) in [6, 6.07) is -0.896. The molecule has 0 bridgehead atoms. The van der Waals surface area contributed by atoms with Crippen molar-refractivity contribution >= 4 is 23.3 Å². The van der Waals surface area contributed by atoms with Crippen LogP contribution in [0.2, 0.25) is 0 Å². The summed E-state index contributed by atoms with van der Waals surface area (Å²) >= 11 is 1.60. The molecular formula is C20H39N3O3S. The van der Waals surface area contributed by atoms with Crippen molar-refractivity contribution in [3.63, 3.8) is 0 Å². The topological polar surface area (TPSA) is 71.5 Å². The Bertz CT molecular complexity index is 518. The normalized spacial score (nSPS) is 10.7. The van der Waals surface area contributed by atoms with E-state index in [0.29, 0.717) is 25.5 Å². The first kappa shape index (κ1) is 27.6. The molecule has 1 N–H and O–H groups in total. The van der Waals surface area contributed by atoms with Gasteiger partial charge in [-0.3, -0.25) is 0 Å². The fourth-order valence-corrected chi connectivity index (χ4v) is 2.84. The first-order valence-corrected chi connectivity index (χ1v) is 10.9. The third kappa shape index (κ3) is 11.0. The maximum absolute atomic E-state index is 12.3. The maximum Gasteiger partial charge on any atom is 0.328 e. The van der Waals surface area contributed by atoms with Gasteiger partial charge >= 0.3 is 12.0 Å². The highest BCUT2D eigenvalue weighted by Crippen LogP contribution is 2.19. The number of aromatic nitrogens is 1. The van der Waals surface area contributed by atoms with Crippen LogP contribution < -0.4 is 5.32 Å². The number of amides is 2. The molecule has 0 fully saturated rings. The Morgan fingerprint density at radius 2 is 1.81 bits per heavy atom. The van der Waals surface area contributed by atoms with E-state index in [4.69, 9.17) is 4.74 Å². The summed E-state index contributed by atoms with van der Waals surface area (Å²) in [6.45, 7) is 16.6. The molecule has 1 aromatic heterocycles. The molecule has 0 aliphatic heterocycles. The molecule has 7 heteroatoms. The number of rotatable bonds is 8. The zero-order chi connectivity index (χ0) is 21.4. The van der Waals surface area contributed by atoms with E-state index in [-0.39, 0.29) is 12.0 Å². The first-order chi connectivity index (χ1) is 12.9. The van der Waals surface area contributed by atoms with Gasteiger partial charge in [0.1, 0.15) is 6.04 Å². The van der Waals surface area contributed by atoms with E-state index in [2.05, 4.69) is 24.1 Å². The minimum atomic E-state index is -0.600. The van der Waals surface area contributed by atoms with E-state index in [1.807, 2.05) is 40.0 Å². The van der Waals surface area contributed by atoms with E-state index >= 15 is 0 Å². The predicted molar refractivity (Wildman–Crippen MR) is 114 cm³/mol. The van der Waals surface area contributed by atoms with Crippen molar-refractivity contribution in [1.29, 1.82) is 0 Å². The van der Waals surface area contributed by atoms with E-state index in [0.717, 1.165) is 17.1 Å². The lowest BCUT2D eigenvalue weighted by Gasteiger charge is -2.21. The second kappa shape index (κ2) is 16.5. The molecule has 0 saturated heterocycles.